The summed E-state index contributed by atoms with van der Waals surface area (Å²) in [7, 11) is 1.69. The average Bonchev–Trinajstić information content (AvgIpc) is 3.44. The van der Waals surface area contributed by atoms with Crippen LogP contribution in [0.15, 0.2) is 60.2 Å². The van der Waals surface area contributed by atoms with Gasteiger partial charge in [-0.05, 0) is 30.2 Å². The molecule has 0 bridgehead atoms. The molecule has 7 nitrogen and oxygen atoms in total. The molecule has 2 N–H and O–H groups in total. The van der Waals surface area contributed by atoms with Crippen molar-refractivity contribution in [3.63, 3.8) is 0 Å². The van der Waals surface area contributed by atoms with Gasteiger partial charge >= 0.3 is 0 Å². The minimum absolute atomic E-state index is 0. The van der Waals surface area contributed by atoms with E-state index in [0.29, 0.717) is 25.6 Å². The number of guanidine groups is 1. The normalized spacial score (nSPS) is 16.2. The first kappa shape index (κ1) is 22.9. The lowest BCUT2D eigenvalue weighted by atomic mass is 10.2. The molecule has 1 saturated heterocycles. The van der Waals surface area contributed by atoms with Gasteiger partial charge in [-0.25, -0.2) is 18.7 Å². The van der Waals surface area contributed by atoms with Crippen LogP contribution in [0.4, 0.5) is 14.5 Å². The van der Waals surface area contributed by atoms with Gasteiger partial charge in [-0.2, -0.15) is 0 Å². The fraction of sp³-hybridized carbons (Fsp3) is 0.286. The molecule has 2 aromatic heterocycles. The second kappa shape index (κ2) is 10.5. The summed E-state index contributed by atoms with van der Waals surface area (Å²) in [6.07, 6.45) is 7.80. The number of aliphatic imine (C=N–C) groups is 1. The lowest BCUT2D eigenvalue weighted by Gasteiger charge is -2.21. The van der Waals surface area contributed by atoms with Gasteiger partial charge < -0.3 is 15.5 Å². The van der Waals surface area contributed by atoms with Crippen molar-refractivity contribution >= 4 is 35.6 Å². The molecular formula is C21H24F2IN7. The topological polar surface area (TPSA) is 70.4 Å². The quantitative estimate of drug-likeness (QED) is 0.297. The Morgan fingerprint density at radius 2 is 2.03 bits per heavy atom. The maximum Gasteiger partial charge on any atom is 0.191 e. The van der Waals surface area contributed by atoms with Gasteiger partial charge in [0, 0.05) is 51.3 Å². The molecule has 31 heavy (non-hydrogen) atoms. The van der Waals surface area contributed by atoms with Gasteiger partial charge in [0.2, 0.25) is 0 Å². The van der Waals surface area contributed by atoms with Crippen molar-refractivity contribution in [1.29, 1.82) is 0 Å². The number of rotatable bonds is 5. The van der Waals surface area contributed by atoms with E-state index in [4.69, 9.17) is 0 Å². The zero-order valence-electron chi connectivity index (χ0n) is 17.0. The second-order valence-electron chi connectivity index (χ2n) is 7.07. The molecule has 10 heteroatoms. The largest absolute Gasteiger partial charge is 0.365 e. The van der Waals surface area contributed by atoms with E-state index in [9.17, 15) is 8.78 Å². The Morgan fingerprint density at radius 1 is 1.23 bits per heavy atom. The predicted molar refractivity (Wildman–Crippen MR) is 127 cm³/mol. The van der Waals surface area contributed by atoms with E-state index in [1.165, 1.54) is 18.2 Å². The molecule has 0 saturated carbocycles. The SMILES string of the molecule is CN=C(NCc1ccc(-n2ccnc2)nc1)NC1CCN(c2c(F)cccc2F)C1.I. The molecule has 3 heterocycles. The average molecular weight is 539 g/mol. The fourth-order valence-corrected chi connectivity index (χ4v) is 3.51. The maximum atomic E-state index is 14.0. The van der Waals surface area contributed by atoms with E-state index < -0.39 is 11.6 Å². The molecule has 1 fully saturated rings. The Balaban J connectivity index is 0.00000272. The van der Waals surface area contributed by atoms with Crippen LogP contribution < -0.4 is 15.5 Å². The molecule has 1 aliphatic heterocycles. The summed E-state index contributed by atoms with van der Waals surface area (Å²) >= 11 is 0. The Hall–Kier alpha value is -2.76. The number of halogens is 3. The number of pyridine rings is 1. The molecule has 0 radical (unpaired) electrons. The summed E-state index contributed by atoms with van der Waals surface area (Å²) < 4.78 is 29.9. The molecule has 0 amide bonds. The van der Waals surface area contributed by atoms with E-state index in [-0.39, 0.29) is 35.7 Å². The number of nitrogens with zero attached hydrogens (tertiary/aromatic N) is 5. The van der Waals surface area contributed by atoms with E-state index in [0.717, 1.165) is 17.8 Å². The third kappa shape index (κ3) is 5.49. The van der Waals surface area contributed by atoms with Gasteiger partial charge in [0.1, 0.15) is 29.5 Å². The lowest BCUT2D eigenvalue weighted by Crippen LogP contribution is -2.44. The standard InChI is InChI=1S/C21H23F2N7.HI/c1-24-21(27-12-15-5-6-19(26-11-15)30-10-8-25-14-30)28-16-7-9-29(13-16)20-17(22)3-2-4-18(20)23;/h2-6,8,10-11,14,16H,7,9,12-13H2,1H3,(H2,24,27,28);1H. The summed E-state index contributed by atoms with van der Waals surface area (Å²) in [5.41, 5.74) is 1.04. The summed E-state index contributed by atoms with van der Waals surface area (Å²) in [6.45, 7) is 1.63. The summed E-state index contributed by atoms with van der Waals surface area (Å²) in [5, 5.41) is 6.59. The molecule has 4 rings (SSSR count). The van der Waals surface area contributed by atoms with Crippen LogP contribution in [0.2, 0.25) is 0 Å². The first-order valence-corrected chi connectivity index (χ1v) is 9.73. The van der Waals surface area contributed by atoms with Crippen LogP contribution in [0.25, 0.3) is 5.82 Å². The van der Waals surface area contributed by atoms with Crippen molar-refractivity contribution in [2.75, 3.05) is 25.0 Å². The van der Waals surface area contributed by atoms with Crippen LogP contribution >= 0.6 is 24.0 Å². The van der Waals surface area contributed by atoms with Crippen molar-refractivity contribution in [1.82, 2.24) is 25.2 Å². The number of benzene rings is 1. The number of imidazole rings is 1. The highest BCUT2D eigenvalue weighted by Gasteiger charge is 2.27. The van der Waals surface area contributed by atoms with Gasteiger partial charge in [0.05, 0.1) is 0 Å². The van der Waals surface area contributed by atoms with E-state index in [2.05, 4.69) is 25.6 Å². The zero-order chi connectivity index (χ0) is 20.9. The minimum atomic E-state index is -0.537. The highest BCUT2D eigenvalue weighted by molar-refractivity contribution is 14.0. The third-order valence-corrected chi connectivity index (χ3v) is 5.04. The maximum absolute atomic E-state index is 14.0. The highest BCUT2D eigenvalue weighted by Crippen LogP contribution is 2.26. The summed E-state index contributed by atoms with van der Waals surface area (Å²) in [5.74, 6) is 0.356. The fourth-order valence-electron chi connectivity index (χ4n) is 3.51. The molecule has 3 aromatic rings. The van der Waals surface area contributed by atoms with Gasteiger partial charge in [0.25, 0.3) is 0 Å². The van der Waals surface area contributed by atoms with Crippen molar-refractivity contribution in [3.8, 4) is 5.82 Å². The number of aromatic nitrogens is 3. The smallest absolute Gasteiger partial charge is 0.191 e. The minimum Gasteiger partial charge on any atom is -0.365 e. The van der Waals surface area contributed by atoms with Crippen LogP contribution in [0.5, 0.6) is 0 Å². The number of hydrogen-bond acceptors (Lipinski definition) is 4. The van der Waals surface area contributed by atoms with Crippen LogP contribution in [0.3, 0.4) is 0 Å². The van der Waals surface area contributed by atoms with Gasteiger partial charge in [0.15, 0.2) is 5.96 Å². The van der Waals surface area contributed by atoms with E-state index in [1.807, 2.05) is 22.9 Å². The second-order valence-corrected chi connectivity index (χ2v) is 7.07. The van der Waals surface area contributed by atoms with E-state index >= 15 is 0 Å². The van der Waals surface area contributed by atoms with Crippen molar-refractivity contribution in [2.45, 2.75) is 19.0 Å². The highest BCUT2D eigenvalue weighted by atomic mass is 127. The van der Waals surface area contributed by atoms with Gasteiger partial charge in [-0.15, -0.1) is 24.0 Å². The molecule has 0 spiro atoms. The first-order valence-electron chi connectivity index (χ1n) is 9.73. The number of nitrogens with one attached hydrogen (secondary N) is 2. The number of anilines is 1. The predicted octanol–water partition coefficient (Wildman–Crippen LogP) is 3.11. The van der Waals surface area contributed by atoms with Gasteiger partial charge in [-0.1, -0.05) is 12.1 Å². The lowest BCUT2D eigenvalue weighted by molar-refractivity contribution is 0.576. The van der Waals surface area contributed by atoms with Crippen molar-refractivity contribution in [3.05, 3.63) is 72.4 Å². The molecule has 0 aliphatic carbocycles. The monoisotopic (exact) mass is 539 g/mol. The first-order chi connectivity index (χ1) is 14.6. The molecule has 1 aliphatic rings. The van der Waals surface area contributed by atoms with Crippen LogP contribution in [-0.4, -0.2) is 46.7 Å². The van der Waals surface area contributed by atoms with E-state index in [1.54, 1.807) is 30.7 Å². The van der Waals surface area contributed by atoms with Crippen molar-refractivity contribution < 1.29 is 8.78 Å². The molecule has 1 aromatic carbocycles. The number of para-hydroxylation sites is 1. The molecule has 1 atom stereocenters. The van der Waals surface area contributed by atoms with Gasteiger partial charge in [-0.3, -0.25) is 9.56 Å². The third-order valence-electron chi connectivity index (χ3n) is 5.04. The molecule has 164 valence electrons. The Morgan fingerprint density at radius 3 is 2.68 bits per heavy atom. The van der Waals surface area contributed by atoms with Crippen LogP contribution in [-0.2, 0) is 6.54 Å². The van der Waals surface area contributed by atoms with Crippen LogP contribution in [0.1, 0.15) is 12.0 Å². The van der Waals surface area contributed by atoms with Crippen LogP contribution in [0, 0.1) is 11.6 Å². The summed E-state index contributed by atoms with van der Waals surface area (Å²) in [4.78, 5) is 14.4. The summed E-state index contributed by atoms with van der Waals surface area (Å²) in [6, 6.07) is 7.89. The Bertz CT molecular complexity index is 989. The zero-order valence-corrected chi connectivity index (χ0v) is 19.3. The Labute approximate surface area is 196 Å². The van der Waals surface area contributed by atoms with Crippen molar-refractivity contribution in [2.24, 2.45) is 4.99 Å². The Kier molecular flexibility index (Phi) is 7.77. The number of hydrogen-bond donors (Lipinski definition) is 2. The molecular weight excluding hydrogens is 515 g/mol. The molecule has 1 unspecified atom stereocenters.